The van der Waals surface area contributed by atoms with Crippen LogP contribution in [0.3, 0.4) is 0 Å². The number of aliphatic carboxylic acids is 1. The second kappa shape index (κ2) is 7.55. The van der Waals surface area contributed by atoms with Crippen LogP contribution in [0, 0.1) is 0 Å². The van der Waals surface area contributed by atoms with E-state index in [1.807, 2.05) is 6.92 Å². The van der Waals surface area contributed by atoms with Gasteiger partial charge in [0.1, 0.15) is 10.2 Å². The molecule has 7 nitrogen and oxygen atoms in total. The number of rotatable bonds is 5. The van der Waals surface area contributed by atoms with Gasteiger partial charge >= 0.3 is 5.97 Å². The molecule has 20 heavy (non-hydrogen) atoms. The summed E-state index contributed by atoms with van der Waals surface area (Å²) in [5, 5.41) is 16.5. The van der Waals surface area contributed by atoms with Crippen molar-refractivity contribution in [3.8, 4) is 0 Å². The molecule has 0 unspecified atom stereocenters. The van der Waals surface area contributed by atoms with Gasteiger partial charge in [-0.25, -0.2) is 10.2 Å². The van der Waals surface area contributed by atoms with Crippen molar-refractivity contribution in [3.63, 3.8) is 0 Å². The zero-order chi connectivity index (χ0) is 15.3. The number of halogens is 3. The van der Waals surface area contributed by atoms with Crippen molar-refractivity contribution >= 4 is 61.6 Å². The Morgan fingerprint density at radius 3 is 2.80 bits per heavy atom. The molecule has 1 aromatic rings. The number of carboxylic acid groups (broad SMARTS) is 1. The number of amides is 1. The van der Waals surface area contributed by atoms with Gasteiger partial charge in [0.2, 0.25) is 0 Å². The second-order valence-corrected chi connectivity index (χ2v) is 5.38. The summed E-state index contributed by atoms with van der Waals surface area (Å²) >= 11 is 11.7. The minimum atomic E-state index is -1.17. The lowest BCUT2D eigenvalue weighted by Crippen LogP contribution is -2.22. The first-order chi connectivity index (χ1) is 9.38. The van der Waals surface area contributed by atoms with Gasteiger partial charge in [0, 0.05) is 6.54 Å². The average Bonchev–Trinajstić information content (AvgIpc) is 2.78. The standard InChI is InChI=1S/C10H9Br2ClN4O3/c1-2-17-8(6(13)4-15-17)9(18)16-14-3-5(11)7(12)10(19)20/h3-4H,2H2,1H3,(H,16,18)(H,19,20). The molecule has 1 aromatic heterocycles. The number of allylic oxidation sites excluding steroid dienone is 1. The number of hydrazone groups is 1. The molecule has 2 N–H and O–H groups in total. The third-order valence-corrected chi connectivity index (χ3v) is 4.23. The Labute approximate surface area is 135 Å². The van der Waals surface area contributed by atoms with Gasteiger partial charge in [-0.1, -0.05) is 11.6 Å². The molecular formula is C10H9Br2ClN4O3. The number of aromatic nitrogens is 2. The lowest BCUT2D eigenvalue weighted by Gasteiger charge is -2.03. The predicted molar refractivity (Wildman–Crippen MR) is 81.4 cm³/mol. The Morgan fingerprint density at radius 1 is 1.60 bits per heavy atom. The highest BCUT2D eigenvalue weighted by molar-refractivity contribution is 9.14. The molecule has 0 bridgehead atoms. The topological polar surface area (TPSA) is 96.6 Å². The Balaban J connectivity index is 2.80. The first-order valence-electron chi connectivity index (χ1n) is 5.21. The highest BCUT2D eigenvalue weighted by Gasteiger charge is 2.16. The molecule has 10 heteroatoms. The SMILES string of the molecule is CCn1ncc(Cl)c1C(=O)NN=CC(Br)=C(Br)C(=O)O. The average molecular weight is 428 g/mol. The molecule has 0 aliphatic rings. The molecule has 0 radical (unpaired) electrons. The van der Waals surface area contributed by atoms with Gasteiger partial charge in [-0.3, -0.25) is 9.48 Å². The van der Waals surface area contributed by atoms with E-state index in [9.17, 15) is 9.59 Å². The molecule has 0 saturated heterocycles. The summed E-state index contributed by atoms with van der Waals surface area (Å²) in [6, 6.07) is 0. The molecule has 0 atom stereocenters. The Morgan fingerprint density at radius 2 is 2.25 bits per heavy atom. The molecule has 0 aromatic carbocycles. The summed E-state index contributed by atoms with van der Waals surface area (Å²) in [7, 11) is 0. The first kappa shape index (κ1) is 16.9. The second-order valence-electron chi connectivity index (χ2n) is 3.32. The molecule has 0 aliphatic heterocycles. The number of hydrogen-bond acceptors (Lipinski definition) is 4. The molecule has 1 amide bonds. The zero-order valence-electron chi connectivity index (χ0n) is 10.1. The number of aryl methyl sites for hydroxylation is 1. The van der Waals surface area contributed by atoms with Crippen LogP contribution in [0.5, 0.6) is 0 Å². The van der Waals surface area contributed by atoms with Crippen LogP contribution in [0.4, 0.5) is 0 Å². The number of carbonyl (C=O) groups excluding carboxylic acids is 1. The van der Waals surface area contributed by atoms with Gasteiger partial charge < -0.3 is 5.11 Å². The van der Waals surface area contributed by atoms with E-state index in [0.29, 0.717) is 6.54 Å². The molecule has 1 rings (SSSR count). The van der Waals surface area contributed by atoms with E-state index >= 15 is 0 Å². The predicted octanol–water partition coefficient (Wildman–Crippen LogP) is 2.36. The van der Waals surface area contributed by atoms with Crippen LogP contribution in [-0.4, -0.2) is 33.0 Å². The molecule has 0 aliphatic carbocycles. The first-order valence-corrected chi connectivity index (χ1v) is 7.18. The molecule has 0 saturated carbocycles. The Kier molecular flexibility index (Phi) is 6.37. The van der Waals surface area contributed by atoms with Gasteiger partial charge in [0.25, 0.3) is 5.91 Å². The molecule has 0 spiro atoms. The highest BCUT2D eigenvalue weighted by atomic mass is 79.9. The molecule has 0 fully saturated rings. The quantitative estimate of drug-likeness (QED) is 0.428. The van der Waals surface area contributed by atoms with E-state index in [2.05, 4.69) is 47.5 Å². The fourth-order valence-electron chi connectivity index (χ4n) is 1.19. The molecule has 1 heterocycles. The van der Waals surface area contributed by atoms with E-state index in [1.165, 1.54) is 10.9 Å². The van der Waals surface area contributed by atoms with Crippen molar-refractivity contribution in [3.05, 3.63) is 25.9 Å². The fraction of sp³-hybridized carbons (Fsp3) is 0.200. The Hall–Kier alpha value is -1.19. The van der Waals surface area contributed by atoms with E-state index in [-0.39, 0.29) is 19.7 Å². The summed E-state index contributed by atoms with van der Waals surface area (Å²) in [6.45, 7) is 2.29. The summed E-state index contributed by atoms with van der Waals surface area (Å²) in [5.74, 6) is -1.71. The maximum atomic E-state index is 11.9. The Bertz CT molecular complexity index is 597. The van der Waals surface area contributed by atoms with Crippen molar-refractivity contribution < 1.29 is 14.7 Å². The molecular weight excluding hydrogens is 419 g/mol. The normalized spacial score (nSPS) is 12.4. The van der Waals surface area contributed by atoms with Gasteiger partial charge in [-0.2, -0.15) is 10.2 Å². The highest BCUT2D eigenvalue weighted by Crippen LogP contribution is 2.16. The number of nitrogens with zero attached hydrogens (tertiary/aromatic N) is 3. The number of hydrogen-bond donors (Lipinski definition) is 2. The van der Waals surface area contributed by atoms with Crippen LogP contribution in [0.1, 0.15) is 17.4 Å². The number of carbonyl (C=O) groups is 2. The van der Waals surface area contributed by atoms with Crippen molar-refractivity contribution in [1.29, 1.82) is 0 Å². The van der Waals surface area contributed by atoms with Crippen LogP contribution in [0.25, 0.3) is 0 Å². The monoisotopic (exact) mass is 426 g/mol. The van der Waals surface area contributed by atoms with Gasteiger partial charge in [0.05, 0.1) is 21.9 Å². The fourth-order valence-corrected chi connectivity index (χ4v) is 1.79. The van der Waals surface area contributed by atoms with Crippen molar-refractivity contribution in [2.45, 2.75) is 13.5 Å². The number of carboxylic acids is 1. The minimum Gasteiger partial charge on any atom is -0.477 e. The van der Waals surface area contributed by atoms with E-state index in [4.69, 9.17) is 16.7 Å². The van der Waals surface area contributed by atoms with E-state index in [1.54, 1.807) is 0 Å². The van der Waals surface area contributed by atoms with Crippen LogP contribution >= 0.6 is 43.5 Å². The third-order valence-electron chi connectivity index (χ3n) is 2.05. The summed E-state index contributed by atoms with van der Waals surface area (Å²) in [4.78, 5) is 22.5. The summed E-state index contributed by atoms with van der Waals surface area (Å²) < 4.78 is 1.47. The van der Waals surface area contributed by atoms with Gasteiger partial charge in [0.15, 0.2) is 0 Å². The third kappa shape index (κ3) is 4.15. The van der Waals surface area contributed by atoms with E-state index in [0.717, 1.165) is 6.21 Å². The smallest absolute Gasteiger partial charge is 0.344 e. The van der Waals surface area contributed by atoms with Crippen molar-refractivity contribution in [2.24, 2.45) is 5.10 Å². The van der Waals surface area contributed by atoms with Gasteiger partial charge in [-0.15, -0.1) is 0 Å². The van der Waals surface area contributed by atoms with Crippen molar-refractivity contribution in [1.82, 2.24) is 15.2 Å². The lowest BCUT2D eigenvalue weighted by atomic mass is 10.4. The maximum Gasteiger partial charge on any atom is 0.344 e. The summed E-state index contributed by atoms with van der Waals surface area (Å²) in [5.41, 5.74) is 2.42. The largest absolute Gasteiger partial charge is 0.477 e. The maximum absolute atomic E-state index is 11.9. The number of nitrogens with one attached hydrogen (secondary N) is 1. The molecule has 108 valence electrons. The summed E-state index contributed by atoms with van der Waals surface area (Å²) in [6.07, 6.45) is 2.50. The van der Waals surface area contributed by atoms with Crippen molar-refractivity contribution in [2.75, 3.05) is 0 Å². The van der Waals surface area contributed by atoms with Crippen LogP contribution in [0.2, 0.25) is 5.02 Å². The van der Waals surface area contributed by atoms with Gasteiger partial charge in [-0.05, 0) is 38.8 Å². The minimum absolute atomic E-state index is 0.118. The zero-order valence-corrected chi connectivity index (χ0v) is 14.0. The van der Waals surface area contributed by atoms with Crippen LogP contribution in [-0.2, 0) is 11.3 Å². The van der Waals surface area contributed by atoms with Crippen LogP contribution < -0.4 is 5.43 Å². The van der Waals surface area contributed by atoms with E-state index < -0.39 is 11.9 Å². The lowest BCUT2D eigenvalue weighted by molar-refractivity contribution is -0.131. The van der Waals surface area contributed by atoms with Crippen LogP contribution in [0.15, 0.2) is 20.3 Å².